The number of fused-ring (bicyclic) bond motifs is 2. The van der Waals surface area contributed by atoms with E-state index in [0.29, 0.717) is 0 Å². The highest BCUT2D eigenvalue weighted by Gasteiger charge is 2.05. The van der Waals surface area contributed by atoms with Gasteiger partial charge < -0.3 is 9.47 Å². The fourth-order valence-electron chi connectivity index (χ4n) is 3.27. The highest BCUT2D eigenvalue weighted by atomic mass is 16.5. The summed E-state index contributed by atoms with van der Waals surface area (Å²) in [6.45, 7) is 12.0. The summed E-state index contributed by atoms with van der Waals surface area (Å²) in [4.78, 5) is 0. The molecule has 0 aliphatic carbocycles. The molecule has 2 heteroatoms. The predicted molar refractivity (Wildman–Crippen MR) is 130 cm³/mol. The van der Waals surface area contributed by atoms with E-state index in [1.165, 1.54) is 21.5 Å². The van der Waals surface area contributed by atoms with Crippen LogP contribution in [0.1, 0.15) is 33.3 Å². The molecule has 0 bridgehead atoms. The molecule has 0 saturated carbocycles. The SMILES string of the molecule is C=Cc1cc2ccccc2cc1OC(C)C.CC(C)Oc1ccc2ccccc2c1. The number of hydrogen-bond donors (Lipinski definition) is 0. The molecule has 0 radical (unpaired) electrons. The van der Waals surface area contributed by atoms with Crippen molar-refractivity contribution in [1.82, 2.24) is 0 Å². The lowest BCUT2D eigenvalue weighted by Gasteiger charge is -2.13. The third-order valence-electron chi connectivity index (χ3n) is 4.55. The number of hydrogen-bond acceptors (Lipinski definition) is 2. The molecule has 0 amide bonds. The average Bonchev–Trinajstić information content (AvgIpc) is 2.73. The minimum absolute atomic E-state index is 0.180. The van der Waals surface area contributed by atoms with Gasteiger partial charge in [-0.05, 0) is 73.5 Å². The zero-order valence-electron chi connectivity index (χ0n) is 18.3. The van der Waals surface area contributed by atoms with Crippen molar-refractivity contribution < 1.29 is 9.47 Å². The maximum atomic E-state index is 5.77. The van der Waals surface area contributed by atoms with Crippen molar-refractivity contribution in [3.63, 3.8) is 0 Å². The van der Waals surface area contributed by atoms with Crippen molar-refractivity contribution in [1.29, 1.82) is 0 Å². The minimum Gasteiger partial charge on any atom is -0.491 e. The van der Waals surface area contributed by atoms with Crippen LogP contribution in [0.5, 0.6) is 11.5 Å². The molecule has 0 spiro atoms. The summed E-state index contributed by atoms with van der Waals surface area (Å²) in [5.74, 6) is 1.85. The van der Waals surface area contributed by atoms with Crippen molar-refractivity contribution in [3.8, 4) is 11.5 Å². The van der Waals surface area contributed by atoms with Crippen molar-refractivity contribution in [2.75, 3.05) is 0 Å². The Kier molecular flexibility index (Phi) is 7.13. The molecule has 0 unspecified atom stereocenters. The number of rotatable bonds is 5. The second-order valence-corrected chi connectivity index (χ2v) is 7.78. The van der Waals surface area contributed by atoms with Gasteiger partial charge in [0.05, 0.1) is 12.2 Å². The maximum absolute atomic E-state index is 5.77. The Hall–Kier alpha value is -3.26. The Labute approximate surface area is 179 Å². The van der Waals surface area contributed by atoms with Gasteiger partial charge in [-0.15, -0.1) is 0 Å². The monoisotopic (exact) mass is 398 g/mol. The molecule has 0 aliphatic heterocycles. The van der Waals surface area contributed by atoms with E-state index in [-0.39, 0.29) is 12.2 Å². The fourth-order valence-corrected chi connectivity index (χ4v) is 3.27. The summed E-state index contributed by atoms with van der Waals surface area (Å²) < 4.78 is 11.4. The third kappa shape index (κ3) is 5.64. The van der Waals surface area contributed by atoms with Gasteiger partial charge in [0.1, 0.15) is 11.5 Å². The van der Waals surface area contributed by atoms with Crippen molar-refractivity contribution >= 4 is 27.6 Å². The second-order valence-electron chi connectivity index (χ2n) is 7.78. The Morgan fingerprint density at radius 1 is 0.633 bits per heavy atom. The third-order valence-corrected chi connectivity index (χ3v) is 4.55. The topological polar surface area (TPSA) is 18.5 Å². The molecule has 0 aliphatic rings. The smallest absolute Gasteiger partial charge is 0.127 e. The standard InChI is InChI=1S/C15H16O.C13H14O/c1-4-12-9-13-7-5-6-8-14(13)10-15(12)16-11(2)3;1-10(2)14-13-8-7-11-5-3-4-6-12(11)9-13/h4-11H,1H2,2-3H3;3-10H,1-2H3. The highest BCUT2D eigenvalue weighted by molar-refractivity contribution is 5.87. The van der Waals surface area contributed by atoms with E-state index in [1.807, 2.05) is 64.1 Å². The van der Waals surface area contributed by atoms with Gasteiger partial charge in [-0.1, -0.05) is 67.3 Å². The maximum Gasteiger partial charge on any atom is 0.127 e. The van der Waals surface area contributed by atoms with Gasteiger partial charge in [0, 0.05) is 5.56 Å². The molecular weight excluding hydrogens is 368 g/mol. The summed E-state index contributed by atoms with van der Waals surface area (Å²) in [5.41, 5.74) is 1.05. The second kappa shape index (κ2) is 9.98. The van der Waals surface area contributed by atoms with Gasteiger partial charge in [-0.2, -0.15) is 0 Å². The van der Waals surface area contributed by atoms with E-state index in [4.69, 9.17) is 9.47 Å². The molecule has 0 aromatic heterocycles. The summed E-state index contributed by atoms with van der Waals surface area (Å²) in [6, 6.07) is 26.9. The molecule has 0 N–H and O–H groups in total. The zero-order valence-corrected chi connectivity index (χ0v) is 18.3. The van der Waals surface area contributed by atoms with Gasteiger partial charge in [-0.3, -0.25) is 0 Å². The van der Waals surface area contributed by atoms with Crippen LogP contribution in [0.3, 0.4) is 0 Å². The van der Waals surface area contributed by atoms with E-state index in [0.717, 1.165) is 17.1 Å². The first-order valence-electron chi connectivity index (χ1n) is 10.4. The van der Waals surface area contributed by atoms with Crippen LogP contribution in [0.25, 0.3) is 27.6 Å². The first-order chi connectivity index (χ1) is 14.5. The minimum atomic E-state index is 0.180. The predicted octanol–water partition coefficient (Wildman–Crippen LogP) is 7.90. The van der Waals surface area contributed by atoms with Gasteiger partial charge in [0.25, 0.3) is 0 Å². The van der Waals surface area contributed by atoms with Crippen molar-refractivity contribution in [3.05, 3.63) is 91.0 Å². The molecule has 0 saturated heterocycles. The lowest BCUT2D eigenvalue weighted by atomic mass is 10.1. The molecule has 2 nitrogen and oxygen atoms in total. The van der Waals surface area contributed by atoms with Crippen molar-refractivity contribution in [2.24, 2.45) is 0 Å². The van der Waals surface area contributed by atoms with Crippen LogP contribution in [0.15, 0.2) is 85.4 Å². The molecule has 154 valence electrons. The molecule has 4 aromatic rings. The molecule has 0 heterocycles. The van der Waals surface area contributed by atoms with Crippen LogP contribution < -0.4 is 9.47 Å². The largest absolute Gasteiger partial charge is 0.491 e. The quantitative estimate of drug-likeness (QED) is 0.340. The van der Waals surface area contributed by atoms with Crippen LogP contribution in [-0.4, -0.2) is 12.2 Å². The van der Waals surface area contributed by atoms with Crippen LogP contribution >= 0.6 is 0 Å². The Morgan fingerprint density at radius 2 is 1.17 bits per heavy atom. The zero-order chi connectivity index (χ0) is 21.5. The van der Waals surface area contributed by atoms with Gasteiger partial charge >= 0.3 is 0 Å². The van der Waals surface area contributed by atoms with Gasteiger partial charge in [-0.25, -0.2) is 0 Å². The lowest BCUT2D eigenvalue weighted by molar-refractivity contribution is 0.242. The Morgan fingerprint density at radius 3 is 1.73 bits per heavy atom. The number of ether oxygens (including phenoxy) is 2. The molecule has 0 fully saturated rings. The van der Waals surface area contributed by atoms with E-state index in [2.05, 4.69) is 55.1 Å². The van der Waals surface area contributed by atoms with E-state index in [9.17, 15) is 0 Å². The van der Waals surface area contributed by atoms with E-state index >= 15 is 0 Å². The molecule has 4 rings (SSSR count). The highest BCUT2D eigenvalue weighted by Crippen LogP contribution is 2.27. The summed E-state index contributed by atoms with van der Waals surface area (Å²) >= 11 is 0. The lowest BCUT2D eigenvalue weighted by Crippen LogP contribution is -2.06. The van der Waals surface area contributed by atoms with Gasteiger partial charge in [0.2, 0.25) is 0 Å². The van der Waals surface area contributed by atoms with Crippen LogP contribution in [0.4, 0.5) is 0 Å². The Bertz CT molecular complexity index is 1130. The van der Waals surface area contributed by atoms with E-state index in [1.54, 1.807) is 0 Å². The molecule has 0 atom stereocenters. The summed E-state index contributed by atoms with van der Waals surface area (Å²) in [5, 5.41) is 4.89. The van der Waals surface area contributed by atoms with Crippen molar-refractivity contribution in [2.45, 2.75) is 39.9 Å². The van der Waals surface area contributed by atoms with Crippen LogP contribution in [0.2, 0.25) is 0 Å². The Balaban J connectivity index is 0.000000172. The summed E-state index contributed by atoms with van der Waals surface area (Å²) in [7, 11) is 0. The molecular formula is C28H30O2. The normalized spacial score (nSPS) is 10.7. The first kappa shape index (κ1) is 21.4. The van der Waals surface area contributed by atoms with Gasteiger partial charge in [0.15, 0.2) is 0 Å². The molecule has 30 heavy (non-hydrogen) atoms. The fraction of sp³-hybridized carbons (Fsp3) is 0.214. The van der Waals surface area contributed by atoms with E-state index < -0.39 is 0 Å². The number of benzene rings is 4. The first-order valence-corrected chi connectivity index (χ1v) is 10.4. The van der Waals surface area contributed by atoms with Crippen LogP contribution in [0, 0.1) is 0 Å². The average molecular weight is 399 g/mol. The molecule has 4 aromatic carbocycles. The van der Waals surface area contributed by atoms with Crippen LogP contribution in [-0.2, 0) is 0 Å². The summed E-state index contributed by atoms with van der Waals surface area (Å²) in [6.07, 6.45) is 2.25.